The Morgan fingerprint density at radius 2 is 1.84 bits per heavy atom. The van der Waals surface area contributed by atoms with E-state index in [2.05, 4.69) is 5.32 Å². The van der Waals surface area contributed by atoms with Gasteiger partial charge in [0.05, 0.1) is 5.56 Å². The molecule has 0 saturated carbocycles. The number of hydrogen-bond acceptors (Lipinski definition) is 5. The average Bonchev–Trinajstić information content (AvgIpc) is 2.90. The van der Waals surface area contributed by atoms with Crippen LogP contribution in [0, 0.1) is 0 Å². The number of nitrogens with two attached hydrogens (primary N) is 1. The standard InChI is InChI=1S/C23H25N3O5/c1-12(2)14-8-9-17(15(10-14)11-26(4)22(30)31)23(25-13(3)27)20(28)16-6-5-7-18(24)19(16)21(23)29/h5-10,12H,11,24H2,1-4H3,(H,25,27)(H,30,31). The third kappa shape index (κ3) is 3.54. The molecule has 2 aromatic carbocycles. The topological polar surface area (TPSA) is 130 Å². The summed E-state index contributed by atoms with van der Waals surface area (Å²) < 4.78 is 0. The van der Waals surface area contributed by atoms with Gasteiger partial charge in [0.1, 0.15) is 0 Å². The lowest BCUT2D eigenvalue weighted by Crippen LogP contribution is -2.54. The predicted molar refractivity (Wildman–Crippen MR) is 115 cm³/mol. The van der Waals surface area contributed by atoms with Crippen molar-refractivity contribution in [3.63, 3.8) is 0 Å². The Balaban J connectivity index is 2.31. The highest BCUT2D eigenvalue weighted by Crippen LogP contribution is 2.42. The fraction of sp³-hybridized carbons (Fsp3) is 0.304. The molecular weight excluding hydrogens is 398 g/mol. The molecule has 1 aliphatic carbocycles. The minimum absolute atomic E-state index is 0.0618. The lowest BCUT2D eigenvalue weighted by Gasteiger charge is -2.31. The molecule has 31 heavy (non-hydrogen) atoms. The van der Waals surface area contributed by atoms with Gasteiger partial charge in [-0.15, -0.1) is 0 Å². The molecule has 8 nitrogen and oxygen atoms in total. The quantitative estimate of drug-likeness (QED) is 0.501. The Bertz CT molecular complexity index is 1110. The summed E-state index contributed by atoms with van der Waals surface area (Å²) in [5.74, 6) is -1.66. The van der Waals surface area contributed by atoms with Gasteiger partial charge < -0.3 is 21.1 Å². The van der Waals surface area contributed by atoms with E-state index in [1.54, 1.807) is 24.3 Å². The van der Waals surface area contributed by atoms with Crippen LogP contribution in [0.4, 0.5) is 10.5 Å². The number of nitrogen functional groups attached to an aromatic ring is 1. The molecular formula is C23H25N3O5. The molecule has 0 radical (unpaired) electrons. The lowest BCUT2D eigenvalue weighted by atomic mass is 9.80. The molecule has 4 N–H and O–H groups in total. The Morgan fingerprint density at radius 1 is 1.16 bits per heavy atom. The number of amides is 2. The van der Waals surface area contributed by atoms with Crippen molar-refractivity contribution in [2.45, 2.75) is 38.8 Å². The van der Waals surface area contributed by atoms with E-state index in [4.69, 9.17) is 5.73 Å². The SMILES string of the molecule is CC(=O)NC1(c2ccc(C(C)C)cc2CN(C)C(=O)O)C(=O)c2cccc(N)c2C1=O. The molecule has 2 aromatic rings. The highest BCUT2D eigenvalue weighted by molar-refractivity contribution is 6.35. The fourth-order valence-corrected chi connectivity index (χ4v) is 3.99. The Labute approximate surface area is 180 Å². The van der Waals surface area contributed by atoms with E-state index in [0.717, 1.165) is 10.5 Å². The molecule has 0 aliphatic heterocycles. The van der Waals surface area contributed by atoms with E-state index in [1.165, 1.54) is 26.1 Å². The van der Waals surface area contributed by atoms with Gasteiger partial charge in [0.25, 0.3) is 0 Å². The minimum atomic E-state index is -2.01. The smallest absolute Gasteiger partial charge is 0.407 e. The van der Waals surface area contributed by atoms with E-state index in [-0.39, 0.29) is 34.8 Å². The number of benzene rings is 2. The maximum atomic E-state index is 13.6. The third-order valence-electron chi connectivity index (χ3n) is 5.55. The number of carbonyl (C=O) groups is 4. The van der Waals surface area contributed by atoms with Crippen LogP contribution in [-0.4, -0.2) is 40.6 Å². The van der Waals surface area contributed by atoms with Crippen molar-refractivity contribution in [3.8, 4) is 0 Å². The Morgan fingerprint density at radius 3 is 2.39 bits per heavy atom. The van der Waals surface area contributed by atoms with Gasteiger partial charge in [-0.3, -0.25) is 14.4 Å². The largest absolute Gasteiger partial charge is 0.465 e. The number of anilines is 1. The molecule has 2 amide bonds. The number of rotatable bonds is 5. The maximum absolute atomic E-state index is 13.6. The van der Waals surface area contributed by atoms with Crippen LogP contribution < -0.4 is 11.1 Å². The number of hydrogen-bond donors (Lipinski definition) is 3. The first-order valence-electron chi connectivity index (χ1n) is 9.84. The zero-order chi connectivity index (χ0) is 23.1. The predicted octanol–water partition coefficient (Wildman–Crippen LogP) is 2.91. The van der Waals surface area contributed by atoms with Gasteiger partial charge in [0.15, 0.2) is 5.54 Å². The van der Waals surface area contributed by atoms with Crippen molar-refractivity contribution in [3.05, 3.63) is 64.2 Å². The van der Waals surface area contributed by atoms with Crippen molar-refractivity contribution in [1.29, 1.82) is 0 Å². The van der Waals surface area contributed by atoms with Crippen LogP contribution in [0.5, 0.6) is 0 Å². The van der Waals surface area contributed by atoms with E-state index < -0.39 is 29.1 Å². The van der Waals surface area contributed by atoms with Crippen molar-refractivity contribution in [2.24, 2.45) is 0 Å². The van der Waals surface area contributed by atoms with Crippen molar-refractivity contribution in [1.82, 2.24) is 10.2 Å². The normalized spacial score (nSPS) is 17.6. The molecule has 1 atom stereocenters. The highest BCUT2D eigenvalue weighted by atomic mass is 16.4. The number of carboxylic acid groups (broad SMARTS) is 1. The van der Waals surface area contributed by atoms with Gasteiger partial charge >= 0.3 is 6.09 Å². The molecule has 0 saturated heterocycles. The molecule has 1 unspecified atom stereocenters. The number of nitrogens with one attached hydrogen (secondary N) is 1. The lowest BCUT2D eigenvalue weighted by molar-refractivity contribution is -0.120. The van der Waals surface area contributed by atoms with Gasteiger partial charge in [-0.2, -0.15) is 0 Å². The number of carbonyl (C=O) groups excluding carboxylic acids is 3. The summed E-state index contributed by atoms with van der Waals surface area (Å²) in [6.07, 6.45) is -1.16. The van der Waals surface area contributed by atoms with Crippen molar-refractivity contribution in [2.75, 3.05) is 12.8 Å². The van der Waals surface area contributed by atoms with E-state index in [1.807, 2.05) is 13.8 Å². The van der Waals surface area contributed by atoms with E-state index in [0.29, 0.717) is 5.56 Å². The molecule has 162 valence electrons. The van der Waals surface area contributed by atoms with E-state index in [9.17, 15) is 24.3 Å². The monoisotopic (exact) mass is 423 g/mol. The fourth-order valence-electron chi connectivity index (χ4n) is 3.99. The van der Waals surface area contributed by atoms with E-state index >= 15 is 0 Å². The summed E-state index contributed by atoms with van der Waals surface area (Å²) in [5, 5.41) is 12.0. The molecule has 0 heterocycles. The second-order valence-electron chi connectivity index (χ2n) is 8.07. The Kier molecular flexibility index (Phi) is 5.59. The maximum Gasteiger partial charge on any atom is 0.407 e. The summed E-state index contributed by atoms with van der Waals surface area (Å²) in [6.45, 7) is 5.11. The van der Waals surface area contributed by atoms with Crippen LogP contribution in [0.1, 0.15) is 64.1 Å². The minimum Gasteiger partial charge on any atom is -0.465 e. The molecule has 0 aromatic heterocycles. The average molecular weight is 423 g/mol. The van der Waals surface area contributed by atoms with Crippen molar-refractivity contribution >= 4 is 29.3 Å². The number of Topliss-reactive ketones (excluding diaryl/α,β-unsaturated/α-hetero) is 2. The van der Waals surface area contributed by atoms with Gasteiger partial charge in [-0.25, -0.2) is 4.79 Å². The molecule has 1 aliphatic rings. The summed E-state index contributed by atoms with van der Waals surface area (Å²) >= 11 is 0. The second-order valence-corrected chi connectivity index (χ2v) is 8.07. The Hall–Kier alpha value is -3.68. The molecule has 8 heteroatoms. The summed E-state index contributed by atoms with van der Waals surface area (Å²) in [6, 6.07) is 9.77. The second kappa shape index (κ2) is 7.86. The van der Waals surface area contributed by atoms with Gasteiger partial charge in [-0.05, 0) is 28.7 Å². The van der Waals surface area contributed by atoms with Crippen molar-refractivity contribution < 1.29 is 24.3 Å². The van der Waals surface area contributed by atoms with Crippen LogP contribution in [-0.2, 0) is 16.9 Å². The van der Waals surface area contributed by atoms with Crippen LogP contribution >= 0.6 is 0 Å². The number of ketones is 2. The third-order valence-corrected chi connectivity index (χ3v) is 5.55. The first-order valence-corrected chi connectivity index (χ1v) is 9.84. The molecule has 3 rings (SSSR count). The van der Waals surface area contributed by atoms with Crippen LogP contribution in [0.15, 0.2) is 36.4 Å². The summed E-state index contributed by atoms with van der Waals surface area (Å²) in [4.78, 5) is 51.9. The van der Waals surface area contributed by atoms with Crippen LogP contribution in [0.3, 0.4) is 0 Å². The zero-order valence-corrected chi connectivity index (χ0v) is 17.9. The summed E-state index contributed by atoms with van der Waals surface area (Å²) in [5.41, 5.74) is 5.94. The van der Waals surface area contributed by atoms with Crippen LogP contribution in [0.25, 0.3) is 0 Å². The molecule has 0 spiro atoms. The first kappa shape index (κ1) is 22.0. The first-order chi connectivity index (χ1) is 14.5. The zero-order valence-electron chi connectivity index (χ0n) is 17.9. The van der Waals surface area contributed by atoms with Gasteiger partial charge in [0.2, 0.25) is 17.5 Å². The number of nitrogens with zero attached hydrogens (tertiary/aromatic N) is 1. The highest BCUT2D eigenvalue weighted by Gasteiger charge is 2.56. The molecule has 0 bridgehead atoms. The molecule has 0 fully saturated rings. The summed E-state index contributed by atoms with van der Waals surface area (Å²) in [7, 11) is 1.39. The van der Waals surface area contributed by atoms with Gasteiger partial charge in [0, 0.05) is 31.8 Å². The number of fused-ring (bicyclic) bond motifs is 1. The van der Waals surface area contributed by atoms with Crippen LogP contribution in [0.2, 0.25) is 0 Å². The van der Waals surface area contributed by atoms with Gasteiger partial charge in [-0.1, -0.05) is 44.2 Å².